The molecule has 1 N–H and O–H groups in total. The molecule has 0 aliphatic carbocycles. The molecule has 0 bridgehead atoms. The highest BCUT2D eigenvalue weighted by Crippen LogP contribution is 2.20. The van der Waals surface area contributed by atoms with Gasteiger partial charge in [-0.05, 0) is 24.7 Å². The molecule has 0 aliphatic heterocycles. The zero-order valence-corrected chi connectivity index (χ0v) is 11.5. The fourth-order valence-electron chi connectivity index (χ4n) is 1.53. The van der Waals surface area contributed by atoms with Gasteiger partial charge in [0, 0.05) is 24.7 Å². The molecule has 0 saturated heterocycles. The van der Waals surface area contributed by atoms with Crippen LogP contribution in [0.4, 0.5) is 0 Å². The Hall–Kier alpha value is -0.710. The highest BCUT2D eigenvalue weighted by molar-refractivity contribution is 7.99. The van der Waals surface area contributed by atoms with E-state index in [-0.39, 0.29) is 0 Å². The van der Waals surface area contributed by atoms with Crippen LogP contribution >= 0.6 is 11.8 Å². The normalized spacial score (nSPS) is 12.4. The SMILES string of the molecule is CNC(CSCCOC)c1ccc(OC)cc1. The quantitative estimate of drug-likeness (QED) is 0.722. The molecule has 0 saturated carbocycles. The zero-order chi connectivity index (χ0) is 12.5. The van der Waals surface area contributed by atoms with E-state index in [9.17, 15) is 0 Å². The molecule has 96 valence electrons. The molecule has 1 unspecified atom stereocenters. The third kappa shape index (κ3) is 4.98. The molecule has 0 aromatic heterocycles. The molecular weight excluding hydrogens is 234 g/mol. The van der Waals surface area contributed by atoms with Crippen LogP contribution in [0.2, 0.25) is 0 Å². The molecule has 0 spiro atoms. The lowest BCUT2D eigenvalue weighted by Gasteiger charge is -2.16. The topological polar surface area (TPSA) is 30.5 Å². The molecule has 3 nitrogen and oxygen atoms in total. The standard InChI is InChI=1S/C13H21NO2S/c1-14-13(10-17-9-8-15-2)11-4-6-12(16-3)7-5-11/h4-7,13-14H,8-10H2,1-3H3. The molecule has 1 rings (SSSR count). The van der Waals surface area contributed by atoms with Crippen molar-refractivity contribution in [3.8, 4) is 5.75 Å². The summed E-state index contributed by atoms with van der Waals surface area (Å²) in [5.41, 5.74) is 1.29. The third-order valence-corrected chi connectivity index (χ3v) is 3.61. The van der Waals surface area contributed by atoms with Gasteiger partial charge >= 0.3 is 0 Å². The van der Waals surface area contributed by atoms with Crippen LogP contribution in [0, 0.1) is 0 Å². The van der Waals surface area contributed by atoms with E-state index in [1.54, 1.807) is 14.2 Å². The maximum Gasteiger partial charge on any atom is 0.118 e. The summed E-state index contributed by atoms with van der Waals surface area (Å²) in [5.74, 6) is 2.98. The van der Waals surface area contributed by atoms with Crippen LogP contribution in [0.1, 0.15) is 11.6 Å². The van der Waals surface area contributed by atoms with Gasteiger partial charge in [0.25, 0.3) is 0 Å². The molecule has 1 aromatic carbocycles. The molecule has 1 atom stereocenters. The van der Waals surface area contributed by atoms with Crippen molar-refractivity contribution in [3.63, 3.8) is 0 Å². The first-order valence-electron chi connectivity index (χ1n) is 5.69. The van der Waals surface area contributed by atoms with E-state index in [0.717, 1.165) is 23.9 Å². The molecule has 0 aliphatic rings. The van der Waals surface area contributed by atoms with Crippen molar-refractivity contribution in [1.29, 1.82) is 0 Å². The van der Waals surface area contributed by atoms with E-state index in [1.165, 1.54) is 5.56 Å². The summed E-state index contributed by atoms with van der Waals surface area (Å²) in [7, 11) is 5.41. The molecular formula is C13H21NO2S. The van der Waals surface area contributed by atoms with E-state index >= 15 is 0 Å². The lowest BCUT2D eigenvalue weighted by molar-refractivity contribution is 0.218. The summed E-state index contributed by atoms with van der Waals surface area (Å²) in [6.07, 6.45) is 0. The first-order valence-corrected chi connectivity index (χ1v) is 6.85. The average molecular weight is 255 g/mol. The molecule has 0 amide bonds. The second-order valence-corrected chi connectivity index (χ2v) is 4.83. The smallest absolute Gasteiger partial charge is 0.118 e. The van der Waals surface area contributed by atoms with Crippen LogP contribution in [-0.4, -0.2) is 39.4 Å². The fourth-order valence-corrected chi connectivity index (χ4v) is 2.57. The molecule has 4 heteroatoms. The number of ether oxygens (including phenoxy) is 2. The van der Waals surface area contributed by atoms with Gasteiger partial charge in [0.2, 0.25) is 0 Å². The molecule has 0 radical (unpaired) electrons. The van der Waals surface area contributed by atoms with Gasteiger partial charge in [-0.1, -0.05) is 12.1 Å². The monoisotopic (exact) mass is 255 g/mol. The van der Waals surface area contributed by atoms with Crippen LogP contribution in [0.3, 0.4) is 0 Å². The van der Waals surface area contributed by atoms with Crippen molar-refractivity contribution >= 4 is 11.8 Å². The van der Waals surface area contributed by atoms with Crippen LogP contribution < -0.4 is 10.1 Å². The van der Waals surface area contributed by atoms with Gasteiger partial charge in [-0.15, -0.1) is 0 Å². The predicted molar refractivity (Wildman–Crippen MR) is 74.0 cm³/mol. The maximum atomic E-state index is 5.15. The number of hydrogen-bond donors (Lipinski definition) is 1. The minimum Gasteiger partial charge on any atom is -0.497 e. The summed E-state index contributed by atoms with van der Waals surface area (Å²) in [6, 6.07) is 8.59. The van der Waals surface area contributed by atoms with Crippen LogP contribution in [0.25, 0.3) is 0 Å². The number of rotatable bonds is 8. The van der Waals surface area contributed by atoms with E-state index in [4.69, 9.17) is 9.47 Å². The van der Waals surface area contributed by atoms with Gasteiger partial charge in [0.1, 0.15) is 5.75 Å². The van der Waals surface area contributed by atoms with Gasteiger partial charge in [0.15, 0.2) is 0 Å². The highest BCUT2D eigenvalue weighted by Gasteiger charge is 2.08. The van der Waals surface area contributed by atoms with E-state index in [0.29, 0.717) is 6.04 Å². The summed E-state index contributed by atoms with van der Waals surface area (Å²) < 4.78 is 10.2. The lowest BCUT2D eigenvalue weighted by Crippen LogP contribution is -2.19. The van der Waals surface area contributed by atoms with E-state index in [2.05, 4.69) is 17.4 Å². The average Bonchev–Trinajstić information content (AvgIpc) is 2.39. The molecule has 0 heterocycles. The Morgan fingerprint density at radius 1 is 1.24 bits per heavy atom. The number of benzene rings is 1. The van der Waals surface area contributed by atoms with Crippen molar-refractivity contribution in [3.05, 3.63) is 29.8 Å². The Balaban J connectivity index is 2.47. The first-order chi connectivity index (χ1) is 8.31. The molecule has 17 heavy (non-hydrogen) atoms. The van der Waals surface area contributed by atoms with Crippen molar-refractivity contribution in [1.82, 2.24) is 5.32 Å². The van der Waals surface area contributed by atoms with E-state index < -0.39 is 0 Å². The largest absolute Gasteiger partial charge is 0.497 e. The Kier molecular flexibility index (Phi) is 7.08. The minimum atomic E-state index is 0.378. The van der Waals surface area contributed by atoms with E-state index in [1.807, 2.05) is 30.9 Å². The Labute approximate surface area is 108 Å². The number of methoxy groups -OCH3 is 2. The minimum absolute atomic E-state index is 0.378. The molecule has 1 aromatic rings. The van der Waals surface area contributed by atoms with Crippen molar-refractivity contribution in [2.45, 2.75) is 6.04 Å². The number of thioether (sulfide) groups is 1. The van der Waals surface area contributed by atoms with Crippen molar-refractivity contribution in [2.24, 2.45) is 0 Å². The Morgan fingerprint density at radius 3 is 2.47 bits per heavy atom. The summed E-state index contributed by atoms with van der Waals surface area (Å²) in [4.78, 5) is 0. The Bertz CT molecular complexity index is 303. The van der Waals surface area contributed by atoms with Crippen LogP contribution in [-0.2, 0) is 4.74 Å². The summed E-state index contributed by atoms with van der Waals surface area (Å²) >= 11 is 1.90. The van der Waals surface area contributed by atoms with Gasteiger partial charge in [-0.3, -0.25) is 0 Å². The number of nitrogens with one attached hydrogen (secondary N) is 1. The lowest BCUT2D eigenvalue weighted by atomic mass is 10.1. The molecule has 0 fully saturated rings. The second-order valence-electron chi connectivity index (χ2n) is 3.68. The van der Waals surface area contributed by atoms with Gasteiger partial charge < -0.3 is 14.8 Å². The van der Waals surface area contributed by atoms with Gasteiger partial charge in [-0.2, -0.15) is 11.8 Å². The highest BCUT2D eigenvalue weighted by atomic mass is 32.2. The van der Waals surface area contributed by atoms with Gasteiger partial charge in [0.05, 0.1) is 13.7 Å². The van der Waals surface area contributed by atoms with Crippen LogP contribution in [0.5, 0.6) is 5.75 Å². The Morgan fingerprint density at radius 2 is 1.94 bits per heavy atom. The fraction of sp³-hybridized carbons (Fsp3) is 0.538. The number of hydrogen-bond acceptors (Lipinski definition) is 4. The third-order valence-electron chi connectivity index (χ3n) is 2.58. The van der Waals surface area contributed by atoms with Crippen molar-refractivity contribution in [2.75, 3.05) is 39.4 Å². The predicted octanol–water partition coefficient (Wildman–Crippen LogP) is 2.34. The first kappa shape index (κ1) is 14.4. The van der Waals surface area contributed by atoms with Crippen LogP contribution in [0.15, 0.2) is 24.3 Å². The zero-order valence-electron chi connectivity index (χ0n) is 10.7. The van der Waals surface area contributed by atoms with Gasteiger partial charge in [-0.25, -0.2) is 0 Å². The summed E-state index contributed by atoms with van der Waals surface area (Å²) in [6.45, 7) is 0.809. The van der Waals surface area contributed by atoms with Crippen molar-refractivity contribution < 1.29 is 9.47 Å². The maximum absolute atomic E-state index is 5.15. The second kappa shape index (κ2) is 8.39. The summed E-state index contributed by atoms with van der Waals surface area (Å²) in [5, 5.41) is 3.33.